The molecule has 0 saturated carbocycles. The Kier molecular flexibility index (Phi) is 5.42. The van der Waals surface area contributed by atoms with Crippen LogP contribution in [0.5, 0.6) is 0 Å². The molecular weight excluding hydrogens is 302 g/mol. The van der Waals surface area contributed by atoms with Crippen LogP contribution in [0.1, 0.15) is 12.8 Å². The minimum absolute atomic E-state index is 0.262. The van der Waals surface area contributed by atoms with Crippen LogP contribution in [-0.2, 0) is 4.74 Å². The predicted octanol–water partition coefficient (Wildman–Crippen LogP) is 4.31. The van der Waals surface area contributed by atoms with Gasteiger partial charge in [-0.2, -0.15) is 10.0 Å². The van der Waals surface area contributed by atoms with E-state index in [-0.39, 0.29) is 6.10 Å². The van der Waals surface area contributed by atoms with Crippen molar-refractivity contribution in [2.75, 3.05) is 25.7 Å². The third kappa shape index (κ3) is 3.63. The first-order chi connectivity index (χ1) is 11.2. The molecule has 1 aliphatic heterocycles. The van der Waals surface area contributed by atoms with E-state index in [2.05, 4.69) is 72.2 Å². The molecule has 2 aromatic carbocycles. The second kappa shape index (κ2) is 7.52. The van der Waals surface area contributed by atoms with Gasteiger partial charge in [0.15, 0.2) is 0 Å². The Morgan fingerprint density at radius 1 is 1.04 bits per heavy atom. The van der Waals surface area contributed by atoms with Crippen molar-refractivity contribution in [1.82, 2.24) is 5.32 Å². The molecule has 3 heteroatoms. The molecule has 2 aromatic rings. The highest BCUT2D eigenvalue weighted by atomic mass is 32.3. The summed E-state index contributed by atoms with van der Waals surface area (Å²) in [6.07, 6.45) is 5.17. The molecule has 2 nitrogen and oxygen atoms in total. The van der Waals surface area contributed by atoms with Crippen LogP contribution in [0.25, 0.3) is 0 Å². The maximum atomic E-state index is 5.93. The summed E-state index contributed by atoms with van der Waals surface area (Å²) in [4.78, 5) is 2.87. The standard InChI is InChI=1S/C20H27NOS/c1-22-20(19-14-9-15-21-19)16-23(2,17-10-5-3-6-11-17)18-12-7-4-8-13-18/h3-8,10-13,19-21H,9,14-16H2,1-2H3. The fourth-order valence-electron chi connectivity index (χ4n) is 3.48. The maximum Gasteiger partial charge on any atom is 0.0805 e. The fourth-order valence-corrected chi connectivity index (χ4v) is 6.67. The monoisotopic (exact) mass is 329 g/mol. The zero-order chi connectivity index (χ0) is 16.1. The summed E-state index contributed by atoms with van der Waals surface area (Å²) < 4.78 is 5.93. The minimum atomic E-state index is -1.11. The molecule has 0 aliphatic carbocycles. The number of rotatable bonds is 6. The van der Waals surface area contributed by atoms with E-state index in [0.717, 1.165) is 12.3 Å². The predicted molar refractivity (Wildman–Crippen MR) is 99.6 cm³/mol. The topological polar surface area (TPSA) is 21.3 Å². The molecule has 0 amide bonds. The highest BCUT2D eigenvalue weighted by molar-refractivity contribution is 8.33. The maximum absolute atomic E-state index is 5.93. The van der Waals surface area contributed by atoms with E-state index in [1.165, 1.54) is 22.6 Å². The van der Waals surface area contributed by atoms with Gasteiger partial charge in [-0.15, -0.1) is 0 Å². The number of ether oxygens (including phenoxy) is 1. The molecule has 1 N–H and O–H groups in total. The van der Waals surface area contributed by atoms with Gasteiger partial charge in [0.2, 0.25) is 0 Å². The SMILES string of the molecule is COC(CS(C)(c1ccccc1)c1ccccc1)C1CCCN1. The Morgan fingerprint density at radius 2 is 1.61 bits per heavy atom. The highest BCUT2D eigenvalue weighted by Crippen LogP contribution is 2.60. The zero-order valence-electron chi connectivity index (χ0n) is 14.1. The number of benzene rings is 2. The van der Waals surface area contributed by atoms with E-state index in [1.807, 2.05) is 7.11 Å². The van der Waals surface area contributed by atoms with Gasteiger partial charge in [-0.25, -0.2) is 0 Å². The molecule has 1 heterocycles. The molecule has 1 saturated heterocycles. The van der Waals surface area contributed by atoms with Gasteiger partial charge < -0.3 is 10.1 Å². The van der Waals surface area contributed by atoms with Crippen molar-refractivity contribution < 1.29 is 4.74 Å². The van der Waals surface area contributed by atoms with Crippen molar-refractivity contribution in [2.45, 2.75) is 34.8 Å². The van der Waals surface area contributed by atoms with Crippen LogP contribution in [-0.4, -0.2) is 37.8 Å². The van der Waals surface area contributed by atoms with Gasteiger partial charge in [-0.05, 0) is 59.7 Å². The third-order valence-corrected chi connectivity index (χ3v) is 8.49. The first kappa shape index (κ1) is 16.6. The van der Waals surface area contributed by atoms with Crippen molar-refractivity contribution in [1.29, 1.82) is 0 Å². The van der Waals surface area contributed by atoms with Crippen molar-refractivity contribution >= 4 is 10.0 Å². The number of hydrogen-bond donors (Lipinski definition) is 1. The lowest BCUT2D eigenvalue weighted by atomic mass is 10.1. The van der Waals surface area contributed by atoms with E-state index in [4.69, 9.17) is 4.74 Å². The Morgan fingerprint density at radius 3 is 2.04 bits per heavy atom. The molecule has 3 rings (SSSR count). The van der Waals surface area contributed by atoms with Crippen molar-refractivity contribution in [3.8, 4) is 0 Å². The van der Waals surface area contributed by atoms with E-state index in [9.17, 15) is 0 Å². The summed E-state index contributed by atoms with van der Waals surface area (Å²) in [6, 6.07) is 22.4. The van der Waals surface area contributed by atoms with E-state index in [1.54, 1.807) is 0 Å². The molecule has 124 valence electrons. The van der Waals surface area contributed by atoms with Crippen LogP contribution in [0, 0.1) is 0 Å². The van der Waals surface area contributed by atoms with Gasteiger partial charge >= 0.3 is 0 Å². The summed E-state index contributed by atoms with van der Waals surface area (Å²) >= 11 is 0. The van der Waals surface area contributed by atoms with E-state index < -0.39 is 10.0 Å². The quantitative estimate of drug-likeness (QED) is 0.853. The first-order valence-corrected chi connectivity index (χ1v) is 10.6. The molecule has 0 spiro atoms. The van der Waals surface area contributed by atoms with Crippen LogP contribution < -0.4 is 5.32 Å². The Labute approximate surface area is 141 Å². The fraction of sp³-hybridized carbons (Fsp3) is 0.400. The Hall–Kier alpha value is -1.29. The number of nitrogens with one attached hydrogen (secondary N) is 1. The lowest BCUT2D eigenvalue weighted by molar-refractivity contribution is 0.0925. The lowest BCUT2D eigenvalue weighted by Crippen LogP contribution is -2.39. The number of methoxy groups -OCH3 is 1. The Bertz CT molecular complexity index is 556. The van der Waals surface area contributed by atoms with Crippen LogP contribution in [0.3, 0.4) is 0 Å². The van der Waals surface area contributed by atoms with Gasteiger partial charge in [-0.1, -0.05) is 36.4 Å². The first-order valence-electron chi connectivity index (χ1n) is 8.36. The van der Waals surface area contributed by atoms with Gasteiger partial charge in [0.05, 0.1) is 6.10 Å². The summed E-state index contributed by atoms with van der Waals surface area (Å²) in [5.74, 6) is 1.06. The van der Waals surface area contributed by atoms with Gasteiger partial charge in [0.25, 0.3) is 0 Å². The van der Waals surface area contributed by atoms with Crippen LogP contribution in [0.4, 0.5) is 0 Å². The van der Waals surface area contributed by atoms with Crippen LogP contribution in [0.2, 0.25) is 0 Å². The second-order valence-corrected chi connectivity index (χ2v) is 9.81. The average Bonchev–Trinajstić information content (AvgIpc) is 3.15. The molecule has 2 unspecified atom stereocenters. The molecule has 23 heavy (non-hydrogen) atoms. The normalized spacial score (nSPS) is 20.3. The van der Waals surface area contributed by atoms with E-state index >= 15 is 0 Å². The van der Waals surface area contributed by atoms with Gasteiger partial charge in [0, 0.05) is 18.9 Å². The Balaban J connectivity index is 1.95. The lowest BCUT2D eigenvalue weighted by Gasteiger charge is -2.41. The molecular formula is C20H27NOS. The van der Waals surface area contributed by atoms with Crippen LogP contribution >= 0.6 is 10.0 Å². The average molecular weight is 330 g/mol. The van der Waals surface area contributed by atoms with Gasteiger partial charge in [-0.3, -0.25) is 0 Å². The van der Waals surface area contributed by atoms with Crippen LogP contribution in [0.15, 0.2) is 70.5 Å². The summed E-state index contributed by atoms with van der Waals surface area (Å²) in [5, 5.41) is 3.62. The smallest absolute Gasteiger partial charge is 0.0805 e. The summed E-state index contributed by atoms with van der Waals surface area (Å²) in [7, 11) is 0.751. The molecule has 1 fully saturated rings. The summed E-state index contributed by atoms with van der Waals surface area (Å²) in [6.45, 7) is 1.12. The zero-order valence-corrected chi connectivity index (χ0v) is 14.9. The summed E-state index contributed by atoms with van der Waals surface area (Å²) in [5.41, 5.74) is 0. The van der Waals surface area contributed by atoms with Gasteiger partial charge in [0.1, 0.15) is 0 Å². The highest BCUT2D eigenvalue weighted by Gasteiger charge is 2.32. The second-order valence-electron chi connectivity index (χ2n) is 6.36. The molecule has 0 bridgehead atoms. The van der Waals surface area contributed by atoms with Crippen molar-refractivity contribution in [3.63, 3.8) is 0 Å². The molecule has 0 aromatic heterocycles. The number of hydrogen-bond acceptors (Lipinski definition) is 2. The van der Waals surface area contributed by atoms with Crippen molar-refractivity contribution in [3.05, 3.63) is 60.7 Å². The third-order valence-electron chi connectivity index (χ3n) is 4.87. The largest absolute Gasteiger partial charge is 0.379 e. The minimum Gasteiger partial charge on any atom is -0.379 e. The molecule has 1 aliphatic rings. The van der Waals surface area contributed by atoms with Crippen molar-refractivity contribution in [2.24, 2.45) is 0 Å². The van der Waals surface area contributed by atoms with E-state index in [0.29, 0.717) is 6.04 Å². The molecule has 0 radical (unpaired) electrons. The molecule has 2 atom stereocenters.